The third kappa shape index (κ3) is 6.75. The number of hydrogen-bond donors (Lipinski definition) is 2. The van der Waals surface area contributed by atoms with Crippen molar-refractivity contribution < 1.29 is 29.0 Å². The highest BCUT2D eigenvalue weighted by atomic mass is 16.5. The number of carbonyl (C=O) groups excluding carboxylic acids is 2. The first-order chi connectivity index (χ1) is 13.4. The zero-order chi connectivity index (χ0) is 20.5. The monoisotopic (exact) mass is 385 g/mol. The maximum absolute atomic E-state index is 12.2. The summed E-state index contributed by atoms with van der Waals surface area (Å²) in [5, 5.41) is 12.0. The number of carboxylic acids is 1. The molecule has 7 heteroatoms. The van der Waals surface area contributed by atoms with E-state index in [9.17, 15) is 19.5 Å². The van der Waals surface area contributed by atoms with Crippen LogP contribution >= 0.6 is 0 Å². The standard InChI is InChI=1S/C21H23NO6/c1-14(23)28-18-10-5-16(6-11-18)13-19(21(25)26)22-20(24)12-7-15-3-8-17(27-2)9-4-15/h3-6,8-11,19H,7,12-13H2,1-2H3,(H,22,24)(H,25,26). The lowest BCUT2D eigenvalue weighted by Crippen LogP contribution is -2.42. The smallest absolute Gasteiger partial charge is 0.326 e. The number of aliphatic carboxylic acids is 1. The van der Waals surface area contributed by atoms with Gasteiger partial charge in [-0.2, -0.15) is 0 Å². The molecule has 0 aliphatic rings. The zero-order valence-corrected chi connectivity index (χ0v) is 15.8. The zero-order valence-electron chi connectivity index (χ0n) is 15.8. The summed E-state index contributed by atoms with van der Waals surface area (Å²) in [5.74, 6) is -0.757. The van der Waals surface area contributed by atoms with E-state index in [2.05, 4.69) is 5.32 Å². The van der Waals surface area contributed by atoms with Gasteiger partial charge in [0.15, 0.2) is 0 Å². The molecule has 2 aromatic carbocycles. The number of carbonyl (C=O) groups is 3. The lowest BCUT2D eigenvalue weighted by Gasteiger charge is -2.15. The molecule has 2 rings (SSSR count). The van der Waals surface area contributed by atoms with Crippen LogP contribution in [0.4, 0.5) is 0 Å². The Morgan fingerprint density at radius 1 is 0.964 bits per heavy atom. The van der Waals surface area contributed by atoms with Gasteiger partial charge in [-0.3, -0.25) is 9.59 Å². The van der Waals surface area contributed by atoms with Crippen molar-refractivity contribution in [1.29, 1.82) is 0 Å². The molecule has 0 aliphatic carbocycles. The topological polar surface area (TPSA) is 102 Å². The van der Waals surface area contributed by atoms with Crippen LogP contribution in [0.5, 0.6) is 11.5 Å². The highest BCUT2D eigenvalue weighted by Gasteiger charge is 2.20. The van der Waals surface area contributed by atoms with E-state index in [0.717, 1.165) is 11.3 Å². The number of nitrogens with one attached hydrogen (secondary N) is 1. The van der Waals surface area contributed by atoms with Crippen molar-refractivity contribution in [3.05, 3.63) is 59.7 Å². The normalized spacial score (nSPS) is 11.4. The van der Waals surface area contributed by atoms with Crippen LogP contribution in [0.1, 0.15) is 24.5 Å². The molecule has 0 fully saturated rings. The molecule has 0 radical (unpaired) electrons. The van der Waals surface area contributed by atoms with Crippen LogP contribution in [0.3, 0.4) is 0 Å². The van der Waals surface area contributed by atoms with Gasteiger partial charge < -0.3 is 19.9 Å². The van der Waals surface area contributed by atoms with E-state index in [1.165, 1.54) is 6.92 Å². The molecule has 1 amide bonds. The summed E-state index contributed by atoms with van der Waals surface area (Å²) in [5.41, 5.74) is 1.67. The van der Waals surface area contributed by atoms with Crippen molar-refractivity contribution in [2.45, 2.75) is 32.2 Å². The molecule has 148 valence electrons. The second-order valence-corrected chi connectivity index (χ2v) is 6.25. The van der Waals surface area contributed by atoms with Gasteiger partial charge in [0.05, 0.1) is 7.11 Å². The quantitative estimate of drug-likeness (QED) is 0.508. The van der Waals surface area contributed by atoms with Crippen LogP contribution in [0, 0.1) is 0 Å². The van der Waals surface area contributed by atoms with Gasteiger partial charge in [-0.25, -0.2) is 4.79 Å². The van der Waals surface area contributed by atoms with Crippen LogP contribution < -0.4 is 14.8 Å². The van der Waals surface area contributed by atoms with Crippen molar-refractivity contribution in [2.75, 3.05) is 7.11 Å². The number of esters is 1. The lowest BCUT2D eigenvalue weighted by molar-refractivity contribution is -0.141. The van der Waals surface area contributed by atoms with Crippen molar-refractivity contribution >= 4 is 17.8 Å². The lowest BCUT2D eigenvalue weighted by atomic mass is 10.0. The summed E-state index contributed by atoms with van der Waals surface area (Å²) in [4.78, 5) is 34.6. The molecule has 0 bridgehead atoms. The van der Waals surface area contributed by atoms with Gasteiger partial charge in [-0.05, 0) is 41.8 Å². The summed E-state index contributed by atoms with van der Waals surface area (Å²) in [6, 6.07) is 12.8. The van der Waals surface area contributed by atoms with Crippen molar-refractivity contribution in [2.24, 2.45) is 0 Å². The van der Waals surface area contributed by atoms with E-state index in [4.69, 9.17) is 9.47 Å². The average molecular weight is 385 g/mol. The van der Waals surface area contributed by atoms with Gasteiger partial charge in [0.2, 0.25) is 5.91 Å². The molecule has 0 aliphatic heterocycles. The second kappa shape index (κ2) is 10.1. The van der Waals surface area contributed by atoms with Crippen LogP contribution in [-0.2, 0) is 27.2 Å². The summed E-state index contributed by atoms with van der Waals surface area (Å²) in [6.45, 7) is 1.30. The Labute approximate surface area is 163 Å². The summed E-state index contributed by atoms with van der Waals surface area (Å²) < 4.78 is 10.0. The van der Waals surface area contributed by atoms with Crippen molar-refractivity contribution in [3.63, 3.8) is 0 Å². The number of hydrogen-bond acceptors (Lipinski definition) is 5. The minimum Gasteiger partial charge on any atom is -0.497 e. The molecule has 0 spiro atoms. The summed E-state index contributed by atoms with van der Waals surface area (Å²) >= 11 is 0. The van der Waals surface area contributed by atoms with E-state index in [-0.39, 0.29) is 18.7 Å². The Bertz CT molecular complexity index is 814. The van der Waals surface area contributed by atoms with E-state index >= 15 is 0 Å². The van der Waals surface area contributed by atoms with Crippen LogP contribution in [0.25, 0.3) is 0 Å². The maximum Gasteiger partial charge on any atom is 0.326 e. The van der Waals surface area contributed by atoms with Gasteiger partial charge in [-0.15, -0.1) is 0 Å². The van der Waals surface area contributed by atoms with E-state index < -0.39 is 18.0 Å². The largest absolute Gasteiger partial charge is 0.497 e. The molecule has 0 heterocycles. The maximum atomic E-state index is 12.2. The van der Waals surface area contributed by atoms with Crippen LogP contribution in [0.2, 0.25) is 0 Å². The van der Waals surface area contributed by atoms with E-state index in [1.54, 1.807) is 31.4 Å². The first kappa shape index (κ1) is 21.0. The Kier molecular flexibility index (Phi) is 7.56. The predicted molar refractivity (Wildman–Crippen MR) is 102 cm³/mol. The fourth-order valence-electron chi connectivity index (χ4n) is 2.61. The Morgan fingerprint density at radius 3 is 2.07 bits per heavy atom. The van der Waals surface area contributed by atoms with Gasteiger partial charge >= 0.3 is 11.9 Å². The number of methoxy groups -OCH3 is 1. The fraction of sp³-hybridized carbons (Fsp3) is 0.286. The minimum absolute atomic E-state index is 0.129. The first-order valence-electron chi connectivity index (χ1n) is 8.80. The molecular weight excluding hydrogens is 362 g/mol. The number of aryl methyl sites for hydroxylation is 1. The molecule has 1 atom stereocenters. The van der Waals surface area contributed by atoms with Gasteiger partial charge in [0.25, 0.3) is 0 Å². The van der Waals surface area contributed by atoms with Crippen LogP contribution in [0.15, 0.2) is 48.5 Å². The van der Waals surface area contributed by atoms with Crippen LogP contribution in [-0.4, -0.2) is 36.1 Å². The Hall–Kier alpha value is -3.35. The van der Waals surface area contributed by atoms with Gasteiger partial charge in [0.1, 0.15) is 17.5 Å². The number of rotatable bonds is 9. The molecule has 0 saturated heterocycles. The Morgan fingerprint density at radius 2 is 1.54 bits per heavy atom. The molecule has 28 heavy (non-hydrogen) atoms. The highest BCUT2D eigenvalue weighted by molar-refractivity contribution is 5.83. The SMILES string of the molecule is COc1ccc(CCC(=O)NC(Cc2ccc(OC(C)=O)cc2)C(=O)O)cc1. The second-order valence-electron chi connectivity index (χ2n) is 6.25. The molecule has 2 aromatic rings. The van der Waals surface area contributed by atoms with E-state index in [0.29, 0.717) is 17.7 Å². The first-order valence-corrected chi connectivity index (χ1v) is 8.80. The third-order valence-corrected chi connectivity index (χ3v) is 4.06. The fourth-order valence-corrected chi connectivity index (χ4v) is 2.61. The Balaban J connectivity index is 1.89. The summed E-state index contributed by atoms with van der Waals surface area (Å²) in [7, 11) is 1.58. The average Bonchev–Trinajstić information content (AvgIpc) is 2.67. The van der Waals surface area contributed by atoms with Gasteiger partial charge in [-0.1, -0.05) is 24.3 Å². The van der Waals surface area contributed by atoms with Crippen molar-refractivity contribution in [1.82, 2.24) is 5.32 Å². The number of carboxylic acid groups (broad SMARTS) is 1. The molecule has 7 nitrogen and oxygen atoms in total. The number of ether oxygens (including phenoxy) is 2. The molecule has 0 aromatic heterocycles. The minimum atomic E-state index is -1.11. The highest BCUT2D eigenvalue weighted by Crippen LogP contribution is 2.15. The predicted octanol–water partition coefficient (Wildman–Crippen LogP) is 2.37. The number of benzene rings is 2. The molecular formula is C21H23NO6. The number of amides is 1. The van der Waals surface area contributed by atoms with Gasteiger partial charge in [0, 0.05) is 19.8 Å². The molecule has 1 unspecified atom stereocenters. The summed E-state index contributed by atoms with van der Waals surface area (Å²) in [6.07, 6.45) is 0.810. The molecule has 2 N–H and O–H groups in total. The third-order valence-electron chi connectivity index (χ3n) is 4.06. The van der Waals surface area contributed by atoms with E-state index in [1.807, 2.05) is 24.3 Å². The molecule has 0 saturated carbocycles. The van der Waals surface area contributed by atoms with Crippen molar-refractivity contribution in [3.8, 4) is 11.5 Å².